The van der Waals surface area contributed by atoms with E-state index >= 15 is 0 Å². The zero-order valence-corrected chi connectivity index (χ0v) is 37.1. The molecule has 0 saturated heterocycles. The largest absolute Gasteiger partial charge is 0.508 e. The lowest BCUT2D eigenvalue weighted by atomic mass is 9.36. The van der Waals surface area contributed by atoms with E-state index in [4.69, 9.17) is 5.11 Å². The first-order chi connectivity index (χ1) is 37.2. The summed E-state index contributed by atoms with van der Waals surface area (Å²) < 4.78 is 417. The van der Waals surface area contributed by atoms with Crippen LogP contribution in [0.25, 0.3) is 0 Å². The molecule has 0 radical (unpaired) electrons. The SMILES string of the molecule is Fc1c(F)c(F)c(B(c2c(F)c(F)c(F)c(F)c2F)c2c(F)c(F)c(F)c(F)c2F)c(F)c1F.Fc1c(F)c(F)c(B(c2c(F)c(F)c(F)c(F)c2F)c2c(F)c(F)c(F)c(F)c2F)c(F)c1F.Oc1ccc(C2=NCCN2)cc1. The van der Waals surface area contributed by atoms with Crippen LogP contribution in [0.5, 0.6) is 5.75 Å². The van der Waals surface area contributed by atoms with Crippen molar-refractivity contribution in [1.29, 1.82) is 0 Å². The zero-order chi connectivity index (χ0) is 60.3. The van der Waals surface area contributed by atoms with E-state index in [1.807, 2.05) is 12.1 Å². The third-order valence-corrected chi connectivity index (χ3v) is 11.0. The van der Waals surface area contributed by atoms with Gasteiger partial charge >= 0.3 is 0 Å². The summed E-state index contributed by atoms with van der Waals surface area (Å²) in [5, 5.41) is 12.2. The second-order valence-corrected chi connectivity index (χ2v) is 15.5. The second-order valence-electron chi connectivity index (χ2n) is 15.5. The molecule has 7 aromatic carbocycles. The lowest BCUT2D eigenvalue weighted by molar-refractivity contribution is 0.380. The quantitative estimate of drug-likeness (QED) is 0.0724. The maximum Gasteiger partial charge on any atom is 0.265 e. The Morgan fingerprint density at radius 2 is 0.425 bits per heavy atom. The Morgan fingerprint density at radius 1 is 0.263 bits per heavy atom. The van der Waals surface area contributed by atoms with Gasteiger partial charge in [-0.15, -0.1) is 0 Å². The predicted octanol–water partition coefficient (Wildman–Crippen LogP) is 9.32. The third-order valence-electron chi connectivity index (χ3n) is 11.0. The number of benzene rings is 7. The molecule has 1 heterocycles. The van der Waals surface area contributed by atoms with Gasteiger partial charge in [0, 0.05) is 44.9 Å². The molecule has 0 saturated carbocycles. The minimum Gasteiger partial charge on any atom is -0.508 e. The average molecular weight is 1190 g/mol. The number of nitrogens with one attached hydrogen (secondary N) is 1. The highest BCUT2D eigenvalue weighted by atomic mass is 19.2. The maximum atomic E-state index is 14.4. The molecular weight excluding hydrogens is 1180 g/mol. The van der Waals surface area contributed by atoms with Gasteiger partial charge in [-0.1, -0.05) is 0 Å². The van der Waals surface area contributed by atoms with Gasteiger partial charge in [0.25, 0.3) is 13.4 Å². The highest BCUT2D eigenvalue weighted by molar-refractivity contribution is 6.96. The van der Waals surface area contributed by atoms with Gasteiger partial charge in [0.05, 0.1) is 6.54 Å². The molecule has 422 valence electrons. The Hall–Kier alpha value is -8.16. The summed E-state index contributed by atoms with van der Waals surface area (Å²) in [5.74, 6) is -89.2. The maximum absolute atomic E-state index is 14.4. The molecule has 35 heteroatoms. The molecule has 7 aromatic rings. The molecule has 3 nitrogen and oxygen atoms in total. The first-order valence-electron chi connectivity index (χ1n) is 20.3. The second kappa shape index (κ2) is 22.9. The number of amidine groups is 1. The number of hydrogen-bond donors (Lipinski definition) is 2. The van der Waals surface area contributed by atoms with Crippen LogP contribution >= 0.6 is 0 Å². The molecular formula is C45H10B2F30N2O. The summed E-state index contributed by atoms with van der Waals surface area (Å²) in [5.41, 5.74) is -15.0. The van der Waals surface area contributed by atoms with Crippen molar-refractivity contribution in [3.63, 3.8) is 0 Å². The summed E-state index contributed by atoms with van der Waals surface area (Å²) in [6, 6.07) is 7.04. The minimum absolute atomic E-state index is 0.289. The fourth-order valence-corrected chi connectivity index (χ4v) is 7.33. The molecule has 0 spiro atoms. The first-order valence-corrected chi connectivity index (χ1v) is 20.3. The number of hydrogen-bond acceptors (Lipinski definition) is 3. The predicted molar refractivity (Wildman–Crippen MR) is 214 cm³/mol. The molecule has 0 aliphatic carbocycles. The van der Waals surface area contributed by atoms with E-state index in [0.29, 0.717) is 0 Å². The Balaban J connectivity index is 0.000000213. The zero-order valence-electron chi connectivity index (χ0n) is 37.1. The Kier molecular flexibility index (Phi) is 17.5. The summed E-state index contributed by atoms with van der Waals surface area (Å²) in [6.07, 6.45) is 0. The van der Waals surface area contributed by atoms with Gasteiger partial charge in [-0.3, -0.25) is 4.99 Å². The van der Waals surface area contributed by atoms with Gasteiger partial charge < -0.3 is 10.4 Å². The van der Waals surface area contributed by atoms with Gasteiger partial charge in [0.15, 0.2) is 175 Å². The van der Waals surface area contributed by atoms with Crippen molar-refractivity contribution in [3.05, 3.63) is 204 Å². The number of aromatic hydroxyl groups is 1. The normalized spacial score (nSPS) is 12.0. The van der Waals surface area contributed by atoms with Crippen LogP contribution in [0, 0.1) is 175 Å². The number of nitrogens with zero attached hydrogens (tertiary/aromatic N) is 1. The molecule has 0 fully saturated rings. The molecule has 1 aliphatic heterocycles. The van der Waals surface area contributed by atoms with Crippen LogP contribution in [0.2, 0.25) is 0 Å². The van der Waals surface area contributed by atoms with Gasteiger partial charge in [-0.05, 0) is 24.3 Å². The first kappa shape index (κ1) is 61.1. The van der Waals surface area contributed by atoms with Crippen LogP contribution in [0.1, 0.15) is 5.56 Å². The Labute approximate surface area is 422 Å². The van der Waals surface area contributed by atoms with E-state index in [-0.39, 0.29) is 5.75 Å². The fraction of sp³-hybridized carbons (Fsp3) is 0.0444. The monoisotopic (exact) mass is 1190 g/mol. The smallest absolute Gasteiger partial charge is 0.265 e. The van der Waals surface area contributed by atoms with Crippen LogP contribution in [0.3, 0.4) is 0 Å². The number of phenols is 1. The van der Waals surface area contributed by atoms with Gasteiger partial charge in [-0.25, -0.2) is 132 Å². The summed E-state index contributed by atoms with van der Waals surface area (Å²) >= 11 is 0. The van der Waals surface area contributed by atoms with Crippen molar-refractivity contribution in [1.82, 2.24) is 5.32 Å². The lowest BCUT2D eigenvalue weighted by Gasteiger charge is -2.21. The minimum atomic E-state index is -3.96. The lowest BCUT2D eigenvalue weighted by Crippen LogP contribution is -2.60. The van der Waals surface area contributed by atoms with Crippen molar-refractivity contribution in [2.75, 3.05) is 13.1 Å². The van der Waals surface area contributed by atoms with Crippen LogP contribution in [0.15, 0.2) is 29.3 Å². The van der Waals surface area contributed by atoms with E-state index < -0.39 is 221 Å². The van der Waals surface area contributed by atoms with Crippen LogP contribution in [-0.2, 0) is 0 Å². The van der Waals surface area contributed by atoms with Crippen molar-refractivity contribution in [2.45, 2.75) is 0 Å². The molecule has 0 bridgehead atoms. The molecule has 80 heavy (non-hydrogen) atoms. The topological polar surface area (TPSA) is 44.6 Å². The number of halogens is 30. The molecule has 2 N–H and O–H groups in total. The van der Waals surface area contributed by atoms with Crippen LogP contribution < -0.4 is 38.1 Å². The van der Waals surface area contributed by atoms with Gasteiger partial charge in [0.1, 0.15) is 11.6 Å². The number of phenolic OH excluding ortho intramolecular Hbond substituents is 1. The van der Waals surface area contributed by atoms with Crippen molar-refractivity contribution in [3.8, 4) is 5.75 Å². The molecule has 0 aromatic heterocycles. The van der Waals surface area contributed by atoms with Gasteiger partial charge in [-0.2, -0.15) is 0 Å². The van der Waals surface area contributed by atoms with Crippen LogP contribution in [0.4, 0.5) is 132 Å². The summed E-state index contributed by atoms with van der Waals surface area (Å²) in [7, 11) is 0. The van der Waals surface area contributed by atoms with Crippen molar-refractivity contribution < 1.29 is 137 Å². The highest BCUT2D eigenvalue weighted by Crippen LogP contribution is 2.27. The molecule has 0 unspecified atom stereocenters. The van der Waals surface area contributed by atoms with E-state index in [2.05, 4.69) is 10.3 Å². The average Bonchev–Trinajstić information content (AvgIpc) is 3.99. The summed E-state index contributed by atoms with van der Waals surface area (Å²) in [4.78, 5) is 4.26. The van der Waals surface area contributed by atoms with E-state index in [1.165, 1.54) is 0 Å². The molecule has 1 aliphatic rings. The highest BCUT2D eigenvalue weighted by Gasteiger charge is 2.47. The molecule has 0 atom stereocenters. The van der Waals surface area contributed by atoms with Gasteiger partial charge in [0.2, 0.25) is 0 Å². The van der Waals surface area contributed by atoms with Crippen LogP contribution in [-0.4, -0.2) is 37.5 Å². The standard InChI is InChI=1S/2C18BF15.C9H10N2O/c2*20-4-1(5(21)11(27)16(32)10(4)26)19(2-6(22)12(28)17(33)13(29)7(2)23)3-8(24)14(30)18(34)15(31)9(3)25;12-8-3-1-7(2-4-8)9-10-5-6-11-9/h;;1-4,12H,5-6H2,(H,10,11). The number of rotatable bonds is 7. The fourth-order valence-electron chi connectivity index (χ4n) is 7.33. The van der Waals surface area contributed by atoms with E-state index in [9.17, 15) is 132 Å². The third kappa shape index (κ3) is 10.1. The Morgan fingerprint density at radius 3 is 0.575 bits per heavy atom. The van der Waals surface area contributed by atoms with E-state index in [1.54, 1.807) is 12.1 Å². The van der Waals surface area contributed by atoms with Crippen molar-refractivity contribution >= 4 is 52.0 Å². The molecule has 0 amide bonds. The van der Waals surface area contributed by atoms with Crippen molar-refractivity contribution in [2.24, 2.45) is 4.99 Å². The number of aliphatic imine (C=N–C) groups is 1. The summed E-state index contributed by atoms with van der Waals surface area (Å²) in [6.45, 7) is -6.16. The van der Waals surface area contributed by atoms with E-state index in [0.717, 1.165) is 24.5 Å². The Bertz CT molecular complexity index is 3030. The molecule has 8 rings (SSSR count).